The van der Waals surface area contributed by atoms with Crippen molar-refractivity contribution in [3.05, 3.63) is 24.3 Å². The van der Waals surface area contributed by atoms with Gasteiger partial charge in [-0.25, -0.2) is 0 Å². The first-order valence-corrected chi connectivity index (χ1v) is 9.46. The van der Waals surface area contributed by atoms with Gasteiger partial charge >= 0.3 is 0 Å². The summed E-state index contributed by atoms with van der Waals surface area (Å²) < 4.78 is 16.6. The number of amides is 2. The lowest BCUT2D eigenvalue weighted by molar-refractivity contribution is -0.132. The number of para-hydroxylation sites is 2. The number of ether oxygens (including phenoxy) is 3. The first-order chi connectivity index (χ1) is 12.2. The Labute approximate surface area is 151 Å². The molecule has 8 heteroatoms. The van der Waals surface area contributed by atoms with Gasteiger partial charge in [0.15, 0.2) is 11.5 Å². The maximum atomic E-state index is 12.0. The molecule has 136 valence electrons. The van der Waals surface area contributed by atoms with Gasteiger partial charge in [-0.05, 0) is 12.1 Å². The summed E-state index contributed by atoms with van der Waals surface area (Å²) in [6, 6.07) is 7.47. The van der Waals surface area contributed by atoms with Gasteiger partial charge in [0, 0.05) is 13.1 Å². The van der Waals surface area contributed by atoms with Gasteiger partial charge in [0.1, 0.15) is 12.7 Å². The quantitative estimate of drug-likeness (QED) is 0.792. The number of nitrogens with zero attached hydrogens (tertiary/aromatic N) is 1. The van der Waals surface area contributed by atoms with Crippen molar-refractivity contribution in [2.24, 2.45) is 0 Å². The van der Waals surface area contributed by atoms with Crippen LogP contribution in [0.1, 0.15) is 0 Å². The van der Waals surface area contributed by atoms with Gasteiger partial charge in [-0.15, -0.1) is 11.8 Å². The van der Waals surface area contributed by atoms with Gasteiger partial charge in [0.25, 0.3) is 0 Å². The van der Waals surface area contributed by atoms with E-state index in [4.69, 9.17) is 14.2 Å². The third-order valence-electron chi connectivity index (χ3n) is 3.92. The smallest absolute Gasteiger partial charge is 0.232 e. The number of hydrogen-bond acceptors (Lipinski definition) is 6. The molecule has 2 amide bonds. The molecule has 1 atom stereocenters. The molecule has 1 saturated heterocycles. The fraction of sp³-hybridized carbons (Fsp3) is 0.529. The summed E-state index contributed by atoms with van der Waals surface area (Å²) in [6.07, 6.45) is -0.209. The van der Waals surface area contributed by atoms with Crippen molar-refractivity contribution in [2.75, 3.05) is 51.0 Å². The number of rotatable bonds is 6. The summed E-state index contributed by atoms with van der Waals surface area (Å²) in [7, 11) is 0. The molecule has 0 aromatic heterocycles. The van der Waals surface area contributed by atoms with E-state index in [1.54, 1.807) is 4.90 Å². The zero-order valence-electron chi connectivity index (χ0n) is 13.9. The SMILES string of the molecule is O=C(CSCC(=O)N1CCOCC1)NCC1COc2ccccc2O1. The van der Waals surface area contributed by atoms with E-state index in [1.165, 1.54) is 11.8 Å². The molecule has 1 aromatic carbocycles. The average molecular weight is 366 g/mol. The largest absolute Gasteiger partial charge is 0.486 e. The van der Waals surface area contributed by atoms with Crippen LogP contribution in [0.3, 0.4) is 0 Å². The number of fused-ring (bicyclic) bond motifs is 1. The molecular formula is C17H22N2O5S. The molecule has 1 N–H and O–H groups in total. The molecule has 7 nitrogen and oxygen atoms in total. The number of thioether (sulfide) groups is 1. The van der Waals surface area contributed by atoms with Crippen LogP contribution < -0.4 is 14.8 Å². The molecule has 1 unspecified atom stereocenters. The van der Waals surface area contributed by atoms with E-state index in [0.29, 0.717) is 51.0 Å². The highest BCUT2D eigenvalue weighted by Gasteiger charge is 2.21. The molecule has 0 bridgehead atoms. The van der Waals surface area contributed by atoms with Crippen LogP contribution >= 0.6 is 11.8 Å². The van der Waals surface area contributed by atoms with Crippen LogP contribution in [-0.4, -0.2) is 73.8 Å². The molecule has 1 aromatic rings. The predicted molar refractivity (Wildman–Crippen MR) is 94.1 cm³/mol. The third kappa shape index (κ3) is 5.27. The summed E-state index contributed by atoms with van der Waals surface area (Å²) >= 11 is 1.32. The van der Waals surface area contributed by atoms with Crippen molar-refractivity contribution in [3.8, 4) is 11.5 Å². The number of benzene rings is 1. The fourth-order valence-corrected chi connectivity index (χ4v) is 3.32. The van der Waals surface area contributed by atoms with Gasteiger partial charge in [-0.2, -0.15) is 0 Å². The summed E-state index contributed by atoms with van der Waals surface area (Å²) in [6.45, 7) is 3.22. The van der Waals surface area contributed by atoms with Gasteiger partial charge in [0.2, 0.25) is 11.8 Å². The first-order valence-electron chi connectivity index (χ1n) is 8.31. The standard InChI is InChI=1S/C17H22N2O5S/c20-16(11-25-12-17(21)19-5-7-22-8-6-19)18-9-13-10-23-14-3-1-2-4-15(14)24-13/h1-4,13H,5-12H2,(H,18,20). The topological polar surface area (TPSA) is 77.1 Å². The third-order valence-corrected chi connectivity index (χ3v) is 4.83. The molecule has 0 spiro atoms. The molecule has 2 aliphatic rings. The number of hydrogen-bond donors (Lipinski definition) is 1. The molecule has 2 heterocycles. The van der Waals surface area contributed by atoms with Crippen LogP contribution in [0.5, 0.6) is 11.5 Å². The normalized spacial score (nSPS) is 19.4. The minimum Gasteiger partial charge on any atom is -0.486 e. The Morgan fingerprint density at radius 2 is 1.92 bits per heavy atom. The molecule has 1 fully saturated rings. The molecule has 2 aliphatic heterocycles. The Bertz CT molecular complexity index is 606. The minimum absolute atomic E-state index is 0.0571. The minimum atomic E-state index is -0.209. The van der Waals surface area contributed by atoms with Gasteiger partial charge in [0.05, 0.1) is 31.3 Å². The molecule has 0 saturated carbocycles. The Morgan fingerprint density at radius 1 is 1.16 bits per heavy atom. The maximum absolute atomic E-state index is 12.0. The number of carbonyl (C=O) groups is 2. The van der Waals surface area contributed by atoms with Crippen LogP contribution in [0.15, 0.2) is 24.3 Å². The van der Waals surface area contributed by atoms with Crippen molar-refractivity contribution in [2.45, 2.75) is 6.10 Å². The lowest BCUT2D eigenvalue weighted by Gasteiger charge is -2.27. The highest BCUT2D eigenvalue weighted by molar-refractivity contribution is 8.00. The predicted octanol–water partition coefficient (Wildman–Crippen LogP) is 0.535. The van der Waals surface area contributed by atoms with Crippen LogP contribution in [-0.2, 0) is 14.3 Å². The second-order valence-corrected chi connectivity index (χ2v) is 6.77. The number of morpholine rings is 1. The molecule has 0 radical (unpaired) electrons. The molecule has 3 rings (SSSR count). The number of nitrogens with one attached hydrogen (secondary N) is 1. The van der Waals surface area contributed by atoms with Crippen molar-refractivity contribution in [1.82, 2.24) is 10.2 Å². The average Bonchev–Trinajstić information content (AvgIpc) is 2.67. The Kier molecular flexibility index (Phi) is 6.41. The van der Waals surface area contributed by atoms with Crippen molar-refractivity contribution < 1.29 is 23.8 Å². The van der Waals surface area contributed by atoms with Gasteiger partial charge in [-0.1, -0.05) is 12.1 Å². The molecule has 0 aliphatic carbocycles. The maximum Gasteiger partial charge on any atom is 0.232 e. The summed E-state index contributed by atoms with van der Waals surface area (Å²) in [5, 5.41) is 2.83. The van der Waals surface area contributed by atoms with Crippen LogP contribution in [0.25, 0.3) is 0 Å². The Morgan fingerprint density at radius 3 is 2.72 bits per heavy atom. The summed E-state index contributed by atoms with van der Waals surface area (Å²) in [5.41, 5.74) is 0. The Balaban J connectivity index is 1.31. The van der Waals surface area contributed by atoms with E-state index in [0.717, 1.165) is 5.75 Å². The van der Waals surface area contributed by atoms with Gasteiger partial charge in [-0.3, -0.25) is 9.59 Å². The first kappa shape index (κ1) is 17.9. The number of carbonyl (C=O) groups excluding carboxylic acids is 2. The van der Waals surface area contributed by atoms with E-state index >= 15 is 0 Å². The van der Waals surface area contributed by atoms with E-state index in [9.17, 15) is 9.59 Å². The van der Waals surface area contributed by atoms with E-state index < -0.39 is 0 Å². The van der Waals surface area contributed by atoms with Crippen molar-refractivity contribution >= 4 is 23.6 Å². The molecular weight excluding hydrogens is 344 g/mol. The summed E-state index contributed by atoms with van der Waals surface area (Å²) in [4.78, 5) is 25.7. The molecule has 25 heavy (non-hydrogen) atoms. The van der Waals surface area contributed by atoms with Crippen LogP contribution in [0, 0.1) is 0 Å². The van der Waals surface area contributed by atoms with Crippen molar-refractivity contribution in [3.63, 3.8) is 0 Å². The van der Waals surface area contributed by atoms with E-state index in [2.05, 4.69) is 5.32 Å². The van der Waals surface area contributed by atoms with E-state index in [1.807, 2.05) is 24.3 Å². The second-order valence-electron chi connectivity index (χ2n) is 5.79. The van der Waals surface area contributed by atoms with Gasteiger partial charge < -0.3 is 24.4 Å². The zero-order valence-corrected chi connectivity index (χ0v) is 14.8. The van der Waals surface area contributed by atoms with Crippen LogP contribution in [0.2, 0.25) is 0 Å². The lowest BCUT2D eigenvalue weighted by atomic mass is 10.2. The fourth-order valence-electron chi connectivity index (χ4n) is 2.58. The lowest BCUT2D eigenvalue weighted by Crippen LogP contribution is -2.42. The monoisotopic (exact) mass is 366 g/mol. The summed E-state index contributed by atoms with van der Waals surface area (Å²) in [5.74, 6) is 1.93. The Hall–Kier alpha value is -1.93. The highest BCUT2D eigenvalue weighted by atomic mass is 32.2. The zero-order chi connectivity index (χ0) is 17.5. The van der Waals surface area contributed by atoms with Crippen molar-refractivity contribution in [1.29, 1.82) is 0 Å². The van der Waals surface area contributed by atoms with Crippen LogP contribution in [0.4, 0.5) is 0 Å². The second kappa shape index (κ2) is 8.96. The highest BCUT2D eigenvalue weighted by Crippen LogP contribution is 2.30. The van der Waals surface area contributed by atoms with E-state index in [-0.39, 0.29) is 23.7 Å².